The Labute approximate surface area is 126 Å². The maximum atomic E-state index is 4.45. The van der Waals surface area contributed by atoms with Gasteiger partial charge in [0.05, 0.1) is 0 Å². The highest BCUT2D eigenvalue weighted by molar-refractivity contribution is 5.42. The molecule has 2 heterocycles. The van der Waals surface area contributed by atoms with Crippen molar-refractivity contribution in [3.05, 3.63) is 24.4 Å². The predicted molar refractivity (Wildman–Crippen MR) is 85.6 cm³/mol. The summed E-state index contributed by atoms with van der Waals surface area (Å²) >= 11 is 0. The number of aromatic nitrogens is 3. The Bertz CT molecular complexity index is 526. The molecule has 0 amide bonds. The van der Waals surface area contributed by atoms with E-state index >= 15 is 0 Å². The lowest BCUT2D eigenvalue weighted by Gasteiger charge is -2.31. The highest BCUT2D eigenvalue weighted by Crippen LogP contribution is 2.21. The summed E-state index contributed by atoms with van der Waals surface area (Å²) < 4.78 is 1.80. The third-order valence-corrected chi connectivity index (χ3v) is 4.41. The topological polar surface area (TPSA) is 45.5 Å². The van der Waals surface area contributed by atoms with Crippen LogP contribution in [0.15, 0.2) is 24.4 Å². The van der Waals surface area contributed by atoms with Crippen LogP contribution < -0.4 is 5.32 Å². The van der Waals surface area contributed by atoms with E-state index in [1.807, 2.05) is 24.4 Å². The van der Waals surface area contributed by atoms with Gasteiger partial charge in [0.2, 0.25) is 5.95 Å². The molecule has 1 saturated carbocycles. The molecule has 0 radical (unpaired) electrons. The van der Waals surface area contributed by atoms with Crippen LogP contribution in [0.4, 0.5) is 5.95 Å². The van der Waals surface area contributed by atoms with Crippen LogP contribution >= 0.6 is 0 Å². The van der Waals surface area contributed by atoms with Crippen LogP contribution in [0.2, 0.25) is 0 Å². The number of hydrogen-bond donors (Lipinski definition) is 1. The highest BCUT2D eigenvalue weighted by atomic mass is 15.3. The summed E-state index contributed by atoms with van der Waals surface area (Å²) in [5.74, 6) is 0.724. The maximum Gasteiger partial charge on any atom is 0.243 e. The van der Waals surface area contributed by atoms with Crippen LogP contribution in [0, 0.1) is 0 Å². The molecule has 5 heteroatoms. The molecule has 0 aliphatic heterocycles. The van der Waals surface area contributed by atoms with Crippen molar-refractivity contribution < 1.29 is 0 Å². The van der Waals surface area contributed by atoms with Gasteiger partial charge in [-0.1, -0.05) is 25.3 Å². The van der Waals surface area contributed by atoms with Gasteiger partial charge in [0.15, 0.2) is 5.65 Å². The van der Waals surface area contributed by atoms with Gasteiger partial charge in [-0.05, 0) is 45.0 Å². The molecule has 21 heavy (non-hydrogen) atoms. The van der Waals surface area contributed by atoms with E-state index in [1.54, 1.807) is 4.52 Å². The van der Waals surface area contributed by atoms with Crippen molar-refractivity contribution in [3.8, 4) is 0 Å². The van der Waals surface area contributed by atoms with Gasteiger partial charge in [0, 0.05) is 18.8 Å². The first-order valence-corrected chi connectivity index (χ1v) is 8.08. The van der Waals surface area contributed by atoms with Crippen molar-refractivity contribution in [2.75, 3.05) is 25.5 Å². The lowest BCUT2D eigenvalue weighted by molar-refractivity contribution is 0.191. The van der Waals surface area contributed by atoms with E-state index in [0.717, 1.165) is 37.1 Å². The molecule has 5 nitrogen and oxygen atoms in total. The summed E-state index contributed by atoms with van der Waals surface area (Å²) in [4.78, 5) is 6.97. The minimum atomic E-state index is 0.724. The van der Waals surface area contributed by atoms with Crippen LogP contribution in [0.5, 0.6) is 0 Å². The fourth-order valence-corrected chi connectivity index (χ4v) is 3.14. The first-order valence-electron chi connectivity index (χ1n) is 8.08. The van der Waals surface area contributed by atoms with Crippen molar-refractivity contribution in [2.45, 2.75) is 44.6 Å². The van der Waals surface area contributed by atoms with Crippen molar-refractivity contribution in [3.63, 3.8) is 0 Å². The van der Waals surface area contributed by atoms with Gasteiger partial charge in [0.25, 0.3) is 0 Å². The molecule has 2 aromatic rings. The molecular weight excluding hydrogens is 262 g/mol. The SMILES string of the molecule is CN(CCCNc1nc2ccccn2n1)C1CCCCC1. The fourth-order valence-electron chi connectivity index (χ4n) is 3.14. The van der Waals surface area contributed by atoms with Crippen molar-refractivity contribution in [1.29, 1.82) is 0 Å². The molecule has 114 valence electrons. The molecule has 0 unspecified atom stereocenters. The van der Waals surface area contributed by atoms with Crippen molar-refractivity contribution in [1.82, 2.24) is 19.5 Å². The van der Waals surface area contributed by atoms with Gasteiger partial charge in [-0.3, -0.25) is 0 Å². The largest absolute Gasteiger partial charge is 0.353 e. The molecule has 1 fully saturated rings. The second-order valence-electron chi connectivity index (χ2n) is 5.99. The number of fused-ring (bicyclic) bond motifs is 1. The molecule has 3 rings (SSSR count). The van der Waals surface area contributed by atoms with E-state index in [-0.39, 0.29) is 0 Å². The second-order valence-corrected chi connectivity index (χ2v) is 5.99. The summed E-state index contributed by atoms with van der Waals surface area (Å²) in [5, 5.41) is 7.72. The van der Waals surface area contributed by atoms with E-state index < -0.39 is 0 Å². The summed E-state index contributed by atoms with van der Waals surface area (Å²) in [6.45, 7) is 2.07. The van der Waals surface area contributed by atoms with Crippen LogP contribution in [-0.4, -0.2) is 45.7 Å². The average molecular weight is 287 g/mol. The van der Waals surface area contributed by atoms with E-state index in [9.17, 15) is 0 Å². The van der Waals surface area contributed by atoms with E-state index in [4.69, 9.17) is 0 Å². The second kappa shape index (κ2) is 6.89. The Hall–Kier alpha value is -1.62. The fraction of sp³-hybridized carbons (Fsp3) is 0.625. The smallest absolute Gasteiger partial charge is 0.243 e. The normalized spacial score (nSPS) is 16.7. The van der Waals surface area contributed by atoms with Gasteiger partial charge >= 0.3 is 0 Å². The van der Waals surface area contributed by atoms with Gasteiger partial charge < -0.3 is 10.2 Å². The van der Waals surface area contributed by atoms with Gasteiger partial charge in [0.1, 0.15) is 0 Å². The molecule has 0 saturated heterocycles. The lowest BCUT2D eigenvalue weighted by atomic mass is 9.94. The van der Waals surface area contributed by atoms with Gasteiger partial charge in [-0.2, -0.15) is 4.98 Å². The Morgan fingerprint density at radius 1 is 1.29 bits per heavy atom. The minimum Gasteiger partial charge on any atom is -0.353 e. The zero-order valence-electron chi connectivity index (χ0n) is 12.8. The van der Waals surface area contributed by atoms with Gasteiger partial charge in [-0.25, -0.2) is 4.52 Å². The molecule has 2 aromatic heterocycles. The third-order valence-electron chi connectivity index (χ3n) is 4.41. The van der Waals surface area contributed by atoms with Crippen molar-refractivity contribution >= 4 is 11.6 Å². The zero-order valence-corrected chi connectivity index (χ0v) is 12.8. The molecular formula is C16H25N5. The molecule has 1 aliphatic carbocycles. The van der Waals surface area contributed by atoms with Crippen LogP contribution in [0.25, 0.3) is 5.65 Å². The van der Waals surface area contributed by atoms with E-state index in [1.165, 1.54) is 32.1 Å². The number of nitrogens with one attached hydrogen (secondary N) is 1. The Morgan fingerprint density at radius 2 is 2.14 bits per heavy atom. The maximum absolute atomic E-state index is 4.45. The van der Waals surface area contributed by atoms with Crippen molar-refractivity contribution in [2.24, 2.45) is 0 Å². The molecule has 0 bridgehead atoms. The number of pyridine rings is 1. The molecule has 0 aromatic carbocycles. The zero-order chi connectivity index (χ0) is 14.5. The lowest BCUT2D eigenvalue weighted by Crippen LogP contribution is -2.34. The molecule has 0 spiro atoms. The molecule has 1 aliphatic rings. The van der Waals surface area contributed by atoms with Gasteiger partial charge in [-0.15, -0.1) is 5.10 Å². The van der Waals surface area contributed by atoms with E-state index in [2.05, 4.69) is 27.3 Å². The number of hydrogen-bond acceptors (Lipinski definition) is 4. The summed E-state index contributed by atoms with van der Waals surface area (Å²) in [5.41, 5.74) is 0.888. The monoisotopic (exact) mass is 287 g/mol. The third kappa shape index (κ3) is 3.73. The molecule has 0 atom stereocenters. The van der Waals surface area contributed by atoms with Crippen LogP contribution in [0.3, 0.4) is 0 Å². The molecule has 1 N–H and O–H groups in total. The Balaban J connectivity index is 1.41. The van der Waals surface area contributed by atoms with Crippen LogP contribution in [0.1, 0.15) is 38.5 Å². The standard InChI is InChI=1S/C16H25N5/c1-20(14-8-3-2-4-9-14)12-7-11-17-16-18-15-10-5-6-13-21(15)19-16/h5-6,10,13-14H,2-4,7-9,11-12H2,1H3,(H,17,19). The number of nitrogens with zero attached hydrogens (tertiary/aromatic N) is 4. The Morgan fingerprint density at radius 3 is 2.95 bits per heavy atom. The first-order chi connectivity index (χ1) is 10.3. The quantitative estimate of drug-likeness (QED) is 0.830. The minimum absolute atomic E-state index is 0.724. The predicted octanol–water partition coefficient (Wildman–Crippen LogP) is 2.80. The summed E-state index contributed by atoms with van der Waals surface area (Å²) in [6, 6.07) is 6.71. The first kappa shape index (κ1) is 14.3. The number of rotatable bonds is 6. The average Bonchev–Trinajstić information content (AvgIpc) is 2.95. The Kier molecular flexibility index (Phi) is 4.70. The summed E-state index contributed by atoms with van der Waals surface area (Å²) in [6.07, 6.45) is 10.0. The van der Waals surface area contributed by atoms with Crippen LogP contribution in [-0.2, 0) is 0 Å². The van der Waals surface area contributed by atoms with E-state index in [0.29, 0.717) is 0 Å². The summed E-state index contributed by atoms with van der Waals surface area (Å²) in [7, 11) is 2.26. The number of anilines is 1. The highest BCUT2D eigenvalue weighted by Gasteiger charge is 2.17.